The Morgan fingerprint density at radius 2 is 2.05 bits per heavy atom. The first-order valence-electron chi connectivity index (χ1n) is 5.70. The van der Waals surface area contributed by atoms with Crippen LogP contribution >= 0.6 is 11.6 Å². The van der Waals surface area contributed by atoms with Crippen LogP contribution in [-0.2, 0) is 6.54 Å². The van der Waals surface area contributed by atoms with E-state index in [4.69, 9.17) is 23.1 Å². The molecule has 19 heavy (non-hydrogen) atoms. The molecule has 1 aromatic carbocycles. The molecular formula is C12H15ClFN5. The molecule has 0 saturated carbocycles. The van der Waals surface area contributed by atoms with Gasteiger partial charge in [-0.15, -0.1) is 0 Å². The van der Waals surface area contributed by atoms with Crippen LogP contribution in [-0.4, -0.2) is 22.5 Å². The summed E-state index contributed by atoms with van der Waals surface area (Å²) in [7, 11) is 0. The maximum atomic E-state index is 13.1. The van der Waals surface area contributed by atoms with E-state index in [0.29, 0.717) is 6.54 Å². The topological polar surface area (TPSA) is 80.0 Å². The van der Waals surface area contributed by atoms with Gasteiger partial charge in [-0.25, -0.2) is 9.38 Å². The largest absolute Gasteiger partial charge is 0.369 e. The van der Waals surface area contributed by atoms with E-state index in [2.05, 4.69) is 9.98 Å². The number of benzene rings is 1. The fraction of sp³-hybridized carbons (Fsp3) is 0.333. The number of hydrogen-bond acceptors (Lipinski definition) is 5. The first-order valence-corrected chi connectivity index (χ1v) is 6.08. The molecule has 2 rings (SSSR count). The van der Waals surface area contributed by atoms with E-state index in [1.165, 1.54) is 6.07 Å². The summed E-state index contributed by atoms with van der Waals surface area (Å²) >= 11 is 5.76. The van der Waals surface area contributed by atoms with Crippen molar-refractivity contribution in [2.24, 2.45) is 21.5 Å². The number of hydrogen-bond donors (Lipinski definition) is 2. The first-order chi connectivity index (χ1) is 8.79. The van der Waals surface area contributed by atoms with Crippen LogP contribution in [0.2, 0.25) is 5.02 Å². The van der Waals surface area contributed by atoms with Crippen LogP contribution in [0.1, 0.15) is 19.4 Å². The number of halogens is 2. The summed E-state index contributed by atoms with van der Waals surface area (Å²) in [6.07, 6.45) is 0. The summed E-state index contributed by atoms with van der Waals surface area (Å²) in [5.74, 6) is -0.0268. The molecule has 0 bridgehead atoms. The summed E-state index contributed by atoms with van der Waals surface area (Å²) in [5, 5.41) is 0.0749. The van der Waals surface area contributed by atoms with Gasteiger partial charge in [-0.05, 0) is 31.5 Å². The van der Waals surface area contributed by atoms with E-state index in [9.17, 15) is 4.39 Å². The first kappa shape index (κ1) is 13.6. The van der Waals surface area contributed by atoms with Crippen molar-refractivity contribution in [3.05, 3.63) is 34.6 Å². The quantitative estimate of drug-likeness (QED) is 0.866. The zero-order valence-electron chi connectivity index (χ0n) is 10.7. The van der Waals surface area contributed by atoms with Gasteiger partial charge in [0.2, 0.25) is 11.9 Å². The lowest BCUT2D eigenvalue weighted by atomic mass is 10.1. The zero-order valence-corrected chi connectivity index (χ0v) is 11.4. The van der Waals surface area contributed by atoms with E-state index in [-0.39, 0.29) is 16.9 Å². The molecule has 0 fully saturated rings. The summed E-state index contributed by atoms with van der Waals surface area (Å²) in [6, 6.07) is 4.52. The molecule has 0 atom stereocenters. The fourth-order valence-corrected chi connectivity index (χ4v) is 2.12. The lowest BCUT2D eigenvalue weighted by Gasteiger charge is -2.38. The van der Waals surface area contributed by atoms with E-state index in [1.807, 2.05) is 13.8 Å². The van der Waals surface area contributed by atoms with Gasteiger partial charge in [0.25, 0.3) is 0 Å². The zero-order chi connectivity index (χ0) is 14.2. The maximum Gasteiger partial charge on any atom is 0.220 e. The summed E-state index contributed by atoms with van der Waals surface area (Å²) in [5.41, 5.74) is 11.7. The van der Waals surface area contributed by atoms with Crippen LogP contribution in [0, 0.1) is 5.82 Å². The van der Waals surface area contributed by atoms with Crippen molar-refractivity contribution in [3.8, 4) is 0 Å². The molecule has 0 amide bonds. The molecule has 0 radical (unpaired) electrons. The Hall–Kier alpha value is -1.82. The smallest absolute Gasteiger partial charge is 0.220 e. The molecule has 0 aliphatic carbocycles. The summed E-state index contributed by atoms with van der Waals surface area (Å²) in [4.78, 5) is 9.94. The minimum Gasteiger partial charge on any atom is -0.369 e. The third kappa shape index (κ3) is 2.78. The Morgan fingerprint density at radius 3 is 2.63 bits per heavy atom. The predicted octanol–water partition coefficient (Wildman–Crippen LogP) is 1.66. The van der Waals surface area contributed by atoms with E-state index in [1.54, 1.807) is 17.0 Å². The molecular weight excluding hydrogens is 269 g/mol. The maximum absolute atomic E-state index is 13.1. The minimum absolute atomic E-state index is 0.0749. The van der Waals surface area contributed by atoms with Gasteiger partial charge in [0.15, 0.2) is 0 Å². The van der Waals surface area contributed by atoms with Crippen LogP contribution in [0.5, 0.6) is 0 Å². The molecule has 1 aliphatic heterocycles. The Morgan fingerprint density at radius 1 is 1.37 bits per heavy atom. The van der Waals surface area contributed by atoms with Crippen molar-refractivity contribution in [2.45, 2.75) is 26.1 Å². The molecule has 1 heterocycles. The Bertz CT molecular complexity index is 567. The van der Waals surface area contributed by atoms with E-state index >= 15 is 0 Å². The third-order valence-electron chi connectivity index (χ3n) is 2.88. The van der Waals surface area contributed by atoms with Gasteiger partial charge in [-0.3, -0.25) is 0 Å². The van der Waals surface area contributed by atoms with Crippen molar-refractivity contribution in [3.63, 3.8) is 0 Å². The van der Waals surface area contributed by atoms with Crippen LogP contribution in [0.3, 0.4) is 0 Å². The van der Waals surface area contributed by atoms with Crippen LogP contribution in [0.25, 0.3) is 0 Å². The standard InChI is InChI=1S/C12H15ClFN5/c1-12(2)18-10(15)17-11(16)19(12)6-7-3-4-9(14)8(13)5-7/h3-5H,6H2,1-2H3,(H4,15,16,17,18). The van der Waals surface area contributed by atoms with Crippen LogP contribution in [0.15, 0.2) is 28.2 Å². The highest BCUT2D eigenvalue weighted by atomic mass is 35.5. The lowest BCUT2D eigenvalue weighted by Crippen LogP contribution is -2.53. The molecule has 1 aromatic rings. The highest BCUT2D eigenvalue weighted by molar-refractivity contribution is 6.30. The van der Waals surface area contributed by atoms with Crippen molar-refractivity contribution in [1.82, 2.24) is 4.90 Å². The number of aliphatic imine (C=N–C) groups is 2. The Labute approximate surface area is 115 Å². The molecule has 0 spiro atoms. The molecule has 102 valence electrons. The van der Waals surface area contributed by atoms with E-state index in [0.717, 1.165) is 5.56 Å². The van der Waals surface area contributed by atoms with Gasteiger partial charge in [-0.1, -0.05) is 17.7 Å². The molecule has 7 heteroatoms. The van der Waals surface area contributed by atoms with Crippen LogP contribution < -0.4 is 11.5 Å². The highest BCUT2D eigenvalue weighted by Gasteiger charge is 2.31. The molecule has 1 aliphatic rings. The number of nitrogens with two attached hydrogens (primary N) is 2. The Balaban J connectivity index is 2.27. The molecule has 0 saturated heterocycles. The Kier molecular flexibility index (Phi) is 3.36. The van der Waals surface area contributed by atoms with Crippen molar-refractivity contribution >= 4 is 23.5 Å². The second-order valence-corrected chi connectivity index (χ2v) is 5.18. The molecule has 4 N–H and O–H groups in total. The second-order valence-electron chi connectivity index (χ2n) is 4.77. The van der Waals surface area contributed by atoms with Crippen molar-refractivity contribution in [1.29, 1.82) is 0 Å². The number of nitrogens with zero attached hydrogens (tertiary/aromatic N) is 3. The van der Waals surface area contributed by atoms with E-state index < -0.39 is 11.5 Å². The lowest BCUT2D eigenvalue weighted by molar-refractivity contribution is 0.210. The predicted molar refractivity (Wildman–Crippen MR) is 74.3 cm³/mol. The van der Waals surface area contributed by atoms with Crippen molar-refractivity contribution < 1.29 is 4.39 Å². The van der Waals surface area contributed by atoms with Gasteiger partial charge in [-0.2, -0.15) is 4.99 Å². The highest BCUT2D eigenvalue weighted by Crippen LogP contribution is 2.24. The average molecular weight is 284 g/mol. The summed E-state index contributed by atoms with van der Waals surface area (Å²) in [6.45, 7) is 4.15. The van der Waals surface area contributed by atoms with Gasteiger partial charge >= 0.3 is 0 Å². The van der Waals surface area contributed by atoms with Gasteiger partial charge in [0, 0.05) is 6.54 Å². The minimum atomic E-state index is -0.614. The fourth-order valence-electron chi connectivity index (χ4n) is 1.92. The monoisotopic (exact) mass is 283 g/mol. The van der Waals surface area contributed by atoms with Gasteiger partial charge in [0.05, 0.1) is 5.02 Å². The second kappa shape index (κ2) is 4.70. The van der Waals surface area contributed by atoms with Gasteiger partial charge in [0.1, 0.15) is 11.5 Å². The SMILES string of the molecule is CC1(C)N=C(N)N=C(N)N1Cc1ccc(F)c(Cl)c1. The number of rotatable bonds is 2. The molecule has 0 unspecified atom stereocenters. The third-order valence-corrected chi connectivity index (χ3v) is 3.17. The average Bonchev–Trinajstić information content (AvgIpc) is 2.27. The number of guanidine groups is 2. The molecule has 0 aromatic heterocycles. The van der Waals surface area contributed by atoms with Crippen molar-refractivity contribution in [2.75, 3.05) is 0 Å². The van der Waals surface area contributed by atoms with Gasteiger partial charge < -0.3 is 16.4 Å². The van der Waals surface area contributed by atoms with Crippen LogP contribution in [0.4, 0.5) is 4.39 Å². The normalized spacial score (nSPS) is 18.0. The molecule has 5 nitrogen and oxygen atoms in total. The summed E-state index contributed by atoms with van der Waals surface area (Å²) < 4.78 is 13.1.